The van der Waals surface area contributed by atoms with E-state index in [-0.39, 0.29) is 18.0 Å². The largest absolute Gasteiger partial charge is 0.332 e. The molecule has 0 aromatic heterocycles. The van der Waals surface area contributed by atoms with Crippen LogP contribution in [0.2, 0.25) is 0 Å². The minimum Gasteiger partial charge on any atom is -0.332 e. The van der Waals surface area contributed by atoms with Crippen LogP contribution in [0.3, 0.4) is 0 Å². The number of hydrogen-bond acceptors (Lipinski definition) is 4. The Morgan fingerprint density at radius 2 is 1.41 bits per heavy atom. The Hall–Kier alpha value is -2.70. The predicted molar refractivity (Wildman–Crippen MR) is 126 cm³/mol. The van der Waals surface area contributed by atoms with Gasteiger partial charge in [-0.25, -0.2) is 4.79 Å². The molecule has 6 heteroatoms. The summed E-state index contributed by atoms with van der Waals surface area (Å²) in [7, 11) is 0. The Kier molecular flexibility index (Phi) is 6.92. The molecule has 2 aliphatic heterocycles. The number of piperazine rings is 1. The summed E-state index contributed by atoms with van der Waals surface area (Å²) in [6, 6.07) is 21.4. The van der Waals surface area contributed by atoms with Crippen LogP contribution < -0.4 is 5.32 Å². The van der Waals surface area contributed by atoms with Crippen LogP contribution in [-0.2, 0) is 4.79 Å². The molecule has 1 N–H and O–H groups in total. The molecular formula is C26H34N4O2. The molecule has 2 saturated heterocycles. The maximum absolute atomic E-state index is 12.3. The van der Waals surface area contributed by atoms with Crippen LogP contribution in [0.15, 0.2) is 60.7 Å². The molecule has 2 aromatic rings. The van der Waals surface area contributed by atoms with Crippen molar-refractivity contribution in [1.82, 2.24) is 20.0 Å². The lowest BCUT2D eigenvalue weighted by Crippen LogP contribution is -2.59. The lowest BCUT2D eigenvalue weighted by Gasteiger charge is -2.40. The van der Waals surface area contributed by atoms with E-state index in [1.807, 2.05) is 13.8 Å². The molecule has 32 heavy (non-hydrogen) atoms. The molecule has 0 unspecified atom stereocenters. The second-order valence-electron chi connectivity index (χ2n) is 9.49. The molecule has 2 aromatic carbocycles. The minimum atomic E-state index is -0.449. The number of hydrogen-bond donors (Lipinski definition) is 1. The van der Waals surface area contributed by atoms with Gasteiger partial charge in [0.15, 0.2) is 0 Å². The van der Waals surface area contributed by atoms with Gasteiger partial charge in [0.1, 0.15) is 0 Å². The normalized spacial score (nSPS) is 19.9. The van der Waals surface area contributed by atoms with Gasteiger partial charge < -0.3 is 10.2 Å². The summed E-state index contributed by atoms with van der Waals surface area (Å²) in [6.45, 7) is 9.12. The van der Waals surface area contributed by atoms with E-state index < -0.39 is 5.54 Å². The molecular weight excluding hydrogens is 400 g/mol. The SMILES string of the molecule is CC1(C)CC(=O)N(CCCN2CCN(C(c3ccccc3)c3ccccc3)CC2)C(=O)N1. The molecule has 0 atom stereocenters. The topological polar surface area (TPSA) is 55.9 Å². The molecule has 0 saturated carbocycles. The molecule has 6 nitrogen and oxygen atoms in total. The van der Waals surface area contributed by atoms with Gasteiger partial charge in [0.2, 0.25) is 5.91 Å². The van der Waals surface area contributed by atoms with E-state index in [4.69, 9.17) is 0 Å². The number of nitrogens with zero attached hydrogens (tertiary/aromatic N) is 3. The predicted octanol–water partition coefficient (Wildman–Crippen LogP) is 3.50. The second-order valence-corrected chi connectivity index (χ2v) is 9.49. The number of nitrogens with one attached hydrogen (secondary N) is 1. The van der Waals surface area contributed by atoms with Crippen molar-refractivity contribution in [2.24, 2.45) is 0 Å². The van der Waals surface area contributed by atoms with Gasteiger partial charge in [-0.3, -0.25) is 14.6 Å². The van der Waals surface area contributed by atoms with Crippen molar-refractivity contribution in [2.45, 2.75) is 38.3 Å². The minimum absolute atomic E-state index is 0.0721. The smallest absolute Gasteiger partial charge is 0.324 e. The molecule has 2 fully saturated rings. The van der Waals surface area contributed by atoms with Gasteiger partial charge in [0, 0.05) is 44.7 Å². The van der Waals surface area contributed by atoms with E-state index in [1.165, 1.54) is 16.0 Å². The monoisotopic (exact) mass is 434 g/mol. The van der Waals surface area contributed by atoms with Crippen molar-refractivity contribution in [3.8, 4) is 0 Å². The zero-order valence-electron chi connectivity index (χ0n) is 19.2. The van der Waals surface area contributed by atoms with E-state index >= 15 is 0 Å². The van der Waals surface area contributed by atoms with Crippen molar-refractivity contribution in [2.75, 3.05) is 39.3 Å². The lowest BCUT2D eigenvalue weighted by molar-refractivity contribution is -0.131. The van der Waals surface area contributed by atoms with Crippen LogP contribution in [0.25, 0.3) is 0 Å². The van der Waals surface area contributed by atoms with Crippen LogP contribution in [0.5, 0.6) is 0 Å². The van der Waals surface area contributed by atoms with Crippen LogP contribution in [0.1, 0.15) is 43.9 Å². The molecule has 0 spiro atoms. The van der Waals surface area contributed by atoms with Crippen LogP contribution >= 0.6 is 0 Å². The summed E-state index contributed by atoms with van der Waals surface area (Å²) in [4.78, 5) is 31.0. The molecule has 4 rings (SSSR count). The summed E-state index contributed by atoms with van der Waals surface area (Å²) in [5.74, 6) is -0.0721. The number of carbonyl (C=O) groups excluding carboxylic acids is 2. The summed E-state index contributed by atoms with van der Waals surface area (Å²) >= 11 is 0. The van der Waals surface area contributed by atoms with E-state index in [0.717, 1.165) is 39.1 Å². The van der Waals surface area contributed by atoms with E-state index in [1.54, 1.807) is 0 Å². The summed E-state index contributed by atoms with van der Waals surface area (Å²) in [6.07, 6.45) is 1.16. The highest BCUT2D eigenvalue weighted by Gasteiger charge is 2.36. The first-order chi connectivity index (χ1) is 15.4. The Morgan fingerprint density at radius 1 is 0.844 bits per heavy atom. The number of amides is 3. The highest BCUT2D eigenvalue weighted by atomic mass is 16.2. The number of urea groups is 1. The number of benzene rings is 2. The lowest BCUT2D eigenvalue weighted by atomic mass is 9.96. The van der Waals surface area contributed by atoms with Gasteiger partial charge in [-0.05, 0) is 37.9 Å². The third-order valence-electron chi connectivity index (χ3n) is 6.44. The van der Waals surface area contributed by atoms with Crippen molar-refractivity contribution in [1.29, 1.82) is 0 Å². The fourth-order valence-electron chi connectivity index (χ4n) is 4.80. The average molecular weight is 435 g/mol. The number of carbonyl (C=O) groups is 2. The fourth-order valence-corrected chi connectivity index (χ4v) is 4.80. The summed E-state index contributed by atoms with van der Waals surface area (Å²) < 4.78 is 0. The molecule has 170 valence electrons. The third-order valence-corrected chi connectivity index (χ3v) is 6.44. The van der Waals surface area contributed by atoms with Crippen molar-refractivity contribution >= 4 is 11.9 Å². The van der Waals surface area contributed by atoms with Gasteiger partial charge in [-0.2, -0.15) is 0 Å². The molecule has 2 aliphatic rings. The maximum atomic E-state index is 12.3. The zero-order valence-corrected chi connectivity index (χ0v) is 19.2. The second kappa shape index (κ2) is 9.84. The Bertz CT molecular complexity index is 848. The maximum Gasteiger partial charge on any atom is 0.324 e. The van der Waals surface area contributed by atoms with E-state index in [2.05, 4.69) is 75.8 Å². The number of rotatable bonds is 7. The standard InChI is InChI=1S/C26H34N4O2/c1-26(2)20-23(31)30(25(32)27-26)15-9-14-28-16-18-29(19-17-28)24(21-10-5-3-6-11-21)22-12-7-4-8-13-22/h3-8,10-13,24H,9,14-20H2,1-2H3,(H,27,32). The third kappa shape index (κ3) is 5.37. The van der Waals surface area contributed by atoms with E-state index in [0.29, 0.717) is 13.0 Å². The van der Waals surface area contributed by atoms with Gasteiger partial charge in [0.25, 0.3) is 0 Å². The van der Waals surface area contributed by atoms with Crippen molar-refractivity contribution < 1.29 is 9.59 Å². The van der Waals surface area contributed by atoms with Gasteiger partial charge in [0.05, 0.1) is 6.04 Å². The van der Waals surface area contributed by atoms with Crippen LogP contribution in [0, 0.1) is 0 Å². The molecule has 0 aliphatic carbocycles. The fraction of sp³-hybridized carbons (Fsp3) is 0.462. The van der Waals surface area contributed by atoms with Crippen molar-refractivity contribution in [3.05, 3.63) is 71.8 Å². The van der Waals surface area contributed by atoms with Gasteiger partial charge in [-0.15, -0.1) is 0 Å². The highest BCUT2D eigenvalue weighted by Crippen LogP contribution is 2.29. The summed E-state index contributed by atoms with van der Waals surface area (Å²) in [5.41, 5.74) is 2.20. The Labute approximate surface area is 191 Å². The first-order valence-corrected chi connectivity index (χ1v) is 11.6. The zero-order chi connectivity index (χ0) is 22.6. The van der Waals surface area contributed by atoms with E-state index in [9.17, 15) is 9.59 Å². The summed E-state index contributed by atoms with van der Waals surface area (Å²) in [5, 5.41) is 2.92. The average Bonchev–Trinajstić information content (AvgIpc) is 2.78. The van der Waals surface area contributed by atoms with Crippen molar-refractivity contribution in [3.63, 3.8) is 0 Å². The van der Waals surface area contributed by atoms with Crippen LogP contribution in [-0.4, -0.2) is 71.4 Å². The molecule has 0 bridgehead atoms. The first-order valence-electron chi connectivity index (χ1n) is 11.6. The highest BCUT2D eigenvalue weighted by molar-refractivity contribution is 5.97. The first kappa shape index (κ1) is 22.5. The Balaban J connectivity index is 1.31. The molecule has 3 amide bonds. The molecule has 2 heterocycles. The molecule has 0 radical (unpaired) electrons. The number of imide groups is 1. The quantitative estimate of drug-likeness (QED) is 0.725. The van der Waals surface area contributed by atoms with Crippen LogP contribution in [0.4, 0.5) is 4.79 Å². The van der Waals surface area contributed by atoms with Gasteiger partial charge >= 0.3 is 6.03 Å². The Morgan fingerprint density at radius 3 is 1.94 bits per heavy atom. The van der Waals surface area contributed by atoms with Gasteiger partial charge in [-0.1, -0.05) is 60.7 Å².